The number of piperidine rings is 1. The molecule has 3 aromatic rings. The third-order valence-corrected chi connectivity index (χ3v) is 4.65. The number of anilines is 1. The van der Waals surface area contributed by atoms with Crippen molar-refractivity contribution in [3.63, 3.8) is 0 Å². The zero-order valence-corrected chi connectivity index (χ0v) is 13.8. The number of nitrogens with zero attached hydrogens (tertiary/aromatic N) is 4. The van der Waals surface area contributed by atoms with E-state index >= 15 is 0 Å². The molecule has 1 aromatic carbocycles. The van der Waals surface area contributed by atoms with Gasteiger partial charge < -0.3 is 10.6 Å². The molecule has 1 amide bonds. The highest BCUT2D eigenvalue weighted by molar-refractivity contribution is 5.96. The lowest BCUT2D eigenvalue weighted by Crippen LogP contribution is -2.52. The summed E-state index contributed by atoms with van der Waals surface area (Å²) in [6, 6.07) is 13.5. The average Bonchev–Trinajstić information content (AvgIpc) is 3.35. The summed E-state index contributed by atoms with van der Waals surface area (Å²) in [5, 5.41) is 15.1. The number of amides is 1. The van der Waals surface area contributed by atoms with Crippen LogP contribution in [0.1, 0.15) is 12.8 Å². The van der Waals surface area contributed by atoms with Crippen LogP contribution in [0.3, 0.4) is 0 Å². The number of carbonyl (C=O) groups excluding carboxylic acids is 1. The van der Waals surface area contributed by atoms with Crippen molar-refractivity contribution >= 4 is 11.7 Å². The molecule has 7 nitrogen and oxygen atoms in total. The van der Waals surface area contributed by atoms with Crippen molar-refractivity contribution < 1.29 is 4.79 Å². The molecule has 0 radical (unpaired) electrons. The molecule has 0 atom stereocenters. The molecule has 0 saturated carbocycles. The number of benzene rings is 1. The summed E-state index contributed by atoms with van der Waals surface area (Å²) in [5.74, 6) is 0.468. The number of aromatic nitrogens is 4. The molecule has 4 rings (SSSR count). The Morgan fingerprint density at radius 3 is 2.60 bits per heavy atom. The molecule has 0 unspecified atom stereocenters. The van der Waals surface area contributed by atoms with Crippen LogP contribution in [0.5, 0.6) is 0 Å². The van der Waals surface area contributed by atoms with Crippen LogP contribution in [-0.2, 0) is 10.3 Å². The van der Waals surface area contributed by atoms with Gasteiger partial charge in [-0.3, -0.25) is 9.48 Å². The molecule has 0 spiro atoms. The highest BCUT2D eigenvalue weighted by Gasteiger charge is 2.42. The van der Waals surface area contributed by atoms with Crippen LogP contribution >= 0.6 is 0 Å². The number of rotatable bonds is 4. The van der Waals surface area contributed by atoms with E-state index in [1.807, 2.05) is 54.9 Å². The minimum atomic E-state index is -0.675. The molecule has 7 heteroatoms. The van der Waals surface area contributed by atoms with Crippen LogP contribution in [0.15, 0.2) is 61.1 Å². The van der Waals surface area contributed by atoms with Gasteiger partial charge in [-0.2, -0.15) is 10.2 Å². The molecule has 1 aliphatic heterocycles. The highest BCUT2D eigenvalue weighted by Crippen LogP contribution is 2.28. The largest absolute Gasteiger partial charge is 0.317 e. The van der Waals surface area contributed by atoms with Gasteiger partial charge in [0.1, 0.15) is 5.54 Å². The molecule has 2 aromatic heterocycles. The van der Waals surface area contributed by atoms with Crippen molar-refractivity contribution in [1.29, 1.82) is 0 Å². The Hall–Kier alpha value is -2.93. The zero-order valence-electron chi connectivity index (χ0n) is 13.8. The molecule has 0 bridgehead atoms. The second kappa shape index (κ2) is 6.52. The van der Waals surface area contributed by atoms with E-state index in [4.69, 9.17) is 0 Å². The summed E-state index contributed by atoms with van der Waals surface area (Å²) in [4.78, 5) is 13.1. The fraction of sp³-hybridized carbons (Fsp3) is 0.278. The number of carbonyl (C=O) groups is 1. The van der Waals surface area contributed by atoms with Crippen molar-refractivity contribution in [2.24, 2.45) is 0 Å². The van der Waals surface area contributed by atoms with Crippen LogP contribution in [-0.4, -0.2) is 38.6 Å². The second-order valence-corrected chi connectivity index (χ2v) is 6.17. The summed E-state index contributed by atoms with van der Waals surface area (Å²) in [6.07, 6.45) is 6.79. The molecule has 1 fully saturated rings. The molecular formula is C18H20N6O. The first kappa shape index (κ1) is 15.6. The predicted octanol–water partition coefficient (Wildman–Crippen LogP) is 1.79. The van der Waals surface area contributed by atoms with Gasteiger partial charge in [0.2, 0.25) is 0 Å². The van der Waals surface area contributed by atoms with E-state index in [2.05, 4.69) is 20.8 Å². The van der Waals surface area contributed by atoms with Gasteiger partial charge in [-0.15, -0.1) is 0 Å². The van der Waals surface area contributed by atoms with Crippen molar-refractivity contribution in [3.8, 4) is 5.69 Å². The Bertz CT molecular complexity index is 834. The fourth-order valence-corrected chi connectivity index (χ4v) is 3.27. The van der Waals surface area contributed by atoms with Gasteiger partial charge in [-0.25, -0.2) is 4.68 Å². The maximum absolute atomic E-state index is 13.1. The third kappa shape index (κ3) is 2.94. The molecule has 25 heavy (non-hydrogen) atoms. The lowest BCUT2D eigenvalue weighted by molar-refractivity contribution is -0.126. The molecule has 128 valence electrons. The molecule has 3 heterocycles. The van der Waals surface area contributed by atoms with Crippen molar-refractivity contribution in [2.75, 3.05) is 18.4 Å². The monoisotopic (exact) mass is 336 g/mol. The smallest absolute Gasteiger partial charge is 0.253 e. The third-order valence-electron chi connectivity index (χ3n) is 4.65. The van der Waals surface area contributed by atoms with E-state index in [-0.39, 0.29) is 5.91 Å². The fourth-order valence-electron chi connectivity index (χ4n) is 3.27. The Morgan fingerprint density at radius 1 is 1.08 bits per heavy atom. The van der Waals surface area contributed by atoms with E-state index in [1.54, 1.807) is 15.6 Å². The Labute approximate surface area is 145 Å². The SMILES string of the molecule is O=C(Nc1ccn(-c2ccccc2)n1)C1(n2cccn2)CCNCC1. The standard InChI is InChI=1S/C18H20N6O/c25-17(18(8-11-19-12-9-18)24-13-4-10-20-24)21-16-7-14-23(22-16)15-5-2-1-3-6-15/h1-7,10,13-14,19H,8-9,11-12H2,(H,21,22,25). The molecule has 1 aliphatic rings. The number of hydrogen-bond donors (Lipinski definition) is 2. The van der Waals surface area contributed by atoms with Gasteiger partial charge in [0.15, 0.2) is 5.82 Å². The van der Waals surface area contributed by atoms with Gasteiger partial charge in [-0.05, 0) is 44.1 Å². The summed E-state index contributed by atoms with van der Waals surface area (Å²) in [5.41, 5.74) is 0.275. The number of nitrogens with one attached hydrogen (secondary N) is 2. The van der Waals surface area contributed by atoms with E-state index in [0.717, 1.165) is 18.8 Å². The number of hydrogen-bond acceptors (Lipinski definition) is 4. The first-order chi connectivity index (χ1) is 12.3. The summed E-state index contributed by atoms with van der Waals surface area (Å²) >= 11 is 0. The lowest BCUT2D eigenvalue weighted by Gasteiger charge is -2.36. The second-order valence-electron chi connectivity index (χ2n) is 6.17. The predicted molar refractivity (Wildman–Crippen MR) is 94.5 cm³/mol. The Morgan fingerprint density at radius 2 is 1.88 bits per heavy atom. The summed E-state index contributed by atoms with van der Waals surface area (Å²) < 4.78 is 3.52. The van der Waals surface area contributed by atoms with Crippen LogP contribution in [0.4, 0.5) is 5.82 Å². The van der Waals surface area contributed by atoms with Crippen LogP contribution < -0.4 is 10.6 Å². The van der Waals surface area contributed by atoms with Crippen molar-refractivity contribution in [3.05, 3.63) is 61.1 Å². The summed E-state index contributed by atoms with van der Waals surface area (Å²) in [7, 11) is 0. The molecular weight excluding hydrogens is 316 g/mol. The van der Waals surface area contributed by atoms with Gasteiger partial charge >= 0.3 is 0 Å². The normalized spacial score (nSPS) is 16.5. The topological polar surface area (TPSA) is 76.8 Å². The van der Waals surface area contributed by atoms with Crippen molar-refractivity contribution in [1.82, 2.24) is 24.9 Å². The first-order valence-electron chi connectivity index (χ1n) is 8.41. The minimum Gasteiger partial charge on any atom is -0.317 e. The maximum Gasteiger partial charge on any atom is 0.253 e. The number of para-hydroxylation sites is 1. The van der Waals surface area contributed by atoms with Crippen LogP contribution in [0, 0.1) is 0 Å². The first-order valence-corrected chi connectivity index (χ1v) is 8.41. The van der Waals surface area contributed by atoms with E-state index < -0.39 is 5.54 Å². The van der Waals surface area contributed by atoms with Crippen LogP contribution in [0.2, 0.25) is 0 Å². The van der Waals surface area contributed by atoms with Crippen LogP contribution in [0.25, 0.3) is 5.69 Å². The van der Waals surface area contributed by atoms with E-state index in [9.17, 15) is 4.79 Å². The Balaban J connectivity index is 1.57. The molecule has 1 saturated heterocycles. The zero-order chi connectivity index (χ0) is 17.1. The van der Waals surface area contributed by atoms with Gasteiger partial charge in [0.05, 0.1) is 5.69 Å². The van der Waals surface area contributed by atoms with Gasteiger partial charge in [0.25, 0.3) is 5.91 Å². The lowest BCUT2D eigenvalue weighted by atomic mass is 9.87. The minimum absolute atomic E-state index is 0.0731. The van der Waals surface area contributed by atoms with E-state index in [1.165, 1.54) is 0 Å². The maximum atomic E-state index is 13.1. The van der Waals surface area contributed by atoms with Crippen molar-refractivity contribution in [2.45, 2.75) is 18.4 Å². The Kier molecular flexibility index (Phi) is 4.07. The van der Waals surface area contributed by atoms with Gasteiger partial charge in [0, 0.05) is 24.7 Å². The van der Waals surface area contributed by atoms with Gasteiger partial charge in [-0.1, -0.05) is 18.2 Å². The quantitative estimate of drug-likeness (QED) is 0.761. The summed E-state index contributed by atoms with van der Waals surface area (Å²) in [6.45, 7) is 1.57. The average molecular weight is 336 g/mol. The van der Waals surface area contributed by atoms with E-state index in [0.29, 0.717) is 18.7 Å². The molecule has 2 N–H and O–H groups in total. The highest BCUT2D eigenvalue weighted by atomic mass is 16.2. The molecule has 0 aliphatic carbocycles.